The third kappa shape index (κ3) is 9.98. The number of esters is 5. The van der Waals surface area contributed by atoms with Crippen molar-refractivity contribution in [1.82, 2.24) is 0 Å². The van der Waals surface area contributed by atoms with E-state index in [9.17, 15) is 24.0 Å². The maximum atomic E-state index is 12.1. The molecule has 1 aliphatic rings. The number of methoxy groups -OCH3 is 2. The number of ether oxygens (including phenoxy) is 9. The lowest BCUT2D eigenvalue weighted by molar-refractivity contribution is -0.288. The predicted molar refractivity (Wildman–Crippen MR) is 138 cm³/mol. The molecule has 5 atom stereocenters. The van der Waals surface area contributed by atoms with Crippen molar-refractivity contribution in [1.29, 1.82) is 0 Å². The Bertz CT molecular complexity index is 1140. The van der Waals surface area contributed by atoms with Gasteiger partial charge in [0.2, 0.25) is 12.4 Å². The highest BCUT2D eigenvalue weighted by Gasteiger charge is 2.53. The van der Waals surface area contributed by atoms with Crippen LogP contribution in [0.2, 0.25) is 0 Å². The van der Waals surface area contributed by atoms with Crippen LogP contribution in [0.5, 0.6) is 17.2 Å². The summed E-state index contributed by atoms with van der Waals surface area (Å²) in [5.41, 5.74) is 0.458. The monoisotopic (exact) mass is 582 g/mol. The van der Waals surface area contributed by atoms with E-state index in [4.69, 9.17) is 42.6 Å². The van der Waals surface area contributed by atoms with Crippen LogP contribution in [-0.2, 0) is 52.4 Å². The molecule has 0 amide bonds. The molecule has 0 saturated carbocycles. The number of carbonyl (C=O) groups excluding carboxylic acids is 5. The second-order valence-corrected chi connectivity index (χ2v) is 8.64. The van der Waals surface area contributed by atoms with Crippen LogP contribution in [0.4, 0.5) is 0 Å². The van der Waals surface area contributed by atoms with Crippen LogP contribution < -0.4 is 14.2 Å². The molecule has 0 aromatic heterocycles. The lowest BCUT2D eigenvalue weighted by Gasteiger charge is -2.44. The maximum absolute atomic E-state index is 12.1. The molecule has 0 aliphatic carbocycles. The molecule has 1 heterocycles. The molecular weight excluding hydrogens is 548 g/mol. The summed E-state index contributed by atoms with van der Waals surface area (Å²) in [6.07, 6.45) is -3.74. The first-order valence-corrected chi connectivity index (χ1v) is 12.4. The summed E-state index contributed by atoms with van der Waals surface area (Å²) >= 11 is 0. The maximum Gasteiger partial charge on any atom is 0.303 e. The first-order chi connectivity index (χ1) is 19.4. The zero-order valence-electron chi connectivity index (χ0n) is 23.8. The van der Waals surface area contributed by atoms with Crippen molar-refractivity contribution in [3.05, 3.63) is 23.8 Å². The fourth-order valence-corrected chi connectivity index (χ4v) is 3.89. The summed E-state index contributed by atoms with van der Waals surface area (Å²) in [5.74, 6) is -2.86. The molecule has 1 aromatic carbocycles. The van der Waals surface area contributed by atoms with Crippen LogP contribution >= 0.6 is 0 Å². The molecule has 1 fully saturated rings. The van der Waals surface area contributed by atoms with Gasteiger partial charge in [0.1, 0.15) is 25.1 Å². The molecule has 226 valence electrons. The van der Waals surface area contributed by atoms with E-state index < -0.39 is 67.2 Å². The molecule has 0 N–H and O–H groups in total. The molecule has 0 bridgehead atoms. The van der Waals surface area contributed by atoms with Crippen molar-refractivity contribution in [3.63, 3.8) is 0 Å². The van der Waals surface area contributed by atoms with E-state index in [1.165, 1.54) is 34.1 Å². The Morgan fingerprint density at radius 3 is 1.88 bits per heavy atom. The molecule has 41 heavy (non-hydrogen) atoms. The van der Waals surface area contributed by atoms with E-state index in [2.05, 4.69) is 0 Å². The summed E-state index contributed by atoms with van der Waals surface area (Å²) in [7, 11) is 2.80. The minimum absolute atomic E-state index is 0.00835. The van der Waals surface area contributed by atoms with Crippen molar-refractivity contribution >= 4 is 35.9 Å². The molecule has 0 spiro atoms. The van der Waals surface area contributed by atoms with Gasteiger partial charge in [-0.3, -0.25) is 24.0 Å². The van der Waals surface area contributed by atoms with Crippen LogP contribution in [0.3, 0.4) is 0 Å². The predicted octanol–water partition coefficient (Wildman–Crippen LogP) is 1.74. The van der Waals surface area contributed by atoms with Gasteiger partial charge in [0.25, 0.3) is 0 Å². The van der Waals surface area contributed by atoms with Gasteiger partial charge in [-0.2, -0.15) is 0 Å². The Morgan fingerprint density at radius 1 is 0.756 bits per heavy atom. The number of rotatable bonds is 12. The zero-order chi connectivity index (χ0) is 30.7. The van der Waals surface area contributed by atoms with Crippen LogP contribution in [0.15, 0.2) is 18.2 Å². The second-order valence-electron chi connectivity index (χ2n) is 8.64. The Labute approximate surface area is 236 Å². The summed E-state index contributed by atoms with van der Waals surface area (Å²) < 4.78 is 49.3. The summed E-state index contributed by atoms with van der Waals surface area (Å²) in [6.45, 7) is 5.37. The Morgan fingerprint density at radius 2 is 1.34 bits per heavy atom. The van der Waals surface area contributed by atoms with Crippen LogP contribution in [0, 0.1) is 0 Å². The highest BCUT2D eigenvalue weighted by atomic mass is 16.7. The molecule has 14 heteroatoms. The highest BCUT2D eigenvalue weighted by Crippen LogP contribution is 2.39. The third-order valence-electron chi connectivity index (χ3n) is 5.37. The summed E-state index contributed by atoms with van der Waals surface area (Å²) in [4.78, 5) is 58.7. The number of benzene rings is 1. The Hall–Kier alpha value is -4.33. The van der Waals surface area contributed by atoms with Crippen molar-refractivity contribution in [2.24, 2.45) is 0 Å². The lowest BCUT2D eigenvalue weighted by Crippen LogP contribution is -2.63. The van der Waals surface area contributed by atoms with Gasteiger partial charge in [0, 0.05) is 46.2 Å². The van der Waals surface area contributed by atoms with Crippen molar-refractivity contribution < 1.29 is 66.6 Å². The van der Waals surface area contributed by atoms with Crippen LogP contribution in [-0.4, -0.2) is 88.0 Å². The topological polar surface area (TPSA) is 168 Å². The summed E-state index contributed by atoms with van der Waals surface area (Å²) in [5, 5.41) is 0. The van der Waals surface area contributed by atoms with Crippen molar-refractivity contribution in [3.8, 4) is 17.2 Å². The average Bonchev–Trinajstić information content (AvgIpc) is 2.87. The molecule has 2 rings (SSSR count). The van der Waals surface area contributed by atoms with Gasteiger partial charge < -0.3 is 42.6 Å². The number of hydrogen-bond acceptors (Lipinski definition) is 14. The molecule has 1 saturated heterocycles. The van der Waals surface area contributed by atoms with E-state index >= 15 is 0 Å². The molecule has 1 aromatic rings. The SMILES string of the molecule is COc1cc(/C=C/COC(C)=O)c(OC)c(O[C@@H]2O[C@H](COC(C)=O)[C@@H](OC(C)=O)[C@H](OC(C)=O)[C@H]2OC(C)=O)c1. The van der Waals surface area contributed by atoms with E-state index in [0.717, 1.165) is 20.8 Å². The van der Waals surface area contributed by atoms with Crippen molar-refractivity contribution in [2.45, 2.75) is 65.3 Å². The average molecular weight is 583 g/mol. The van der Waals surface area contributed by atoms with Crippen LogP contribution in [0.25, 0.3) is 6.08 Å². The minimum Gasteiger partial charge on any atom is -0.497 e. The first-order valence-electron chi connectivity index (χ1n) is 12.4. The molecule has 14 nitrogen and oxygen atoms in total. The van der Waals surface area contributed by atoms with E-state index in [-0.39, 0.29) is 18.1 Å². The Balaban J connectivity index is 2.60. The zero-order valence-corrected chi connectivity index (χ0v) is 23.8. The normalized spacial score (nSPS) is 21.8. The highest BCUT2D eigenvalue weighted by molar-refractivity contribution is 5.69. The van der Waals surface area contributed by atoms with Gasteiger partial charge in [-0.15, -0.1) is 0 Å². The van der Waals surface area contributed by atoms with Gasteiger partial charge in [-0.25, -0.2) is 0 Å². The molecular formula is C27H34O14. The third-order valence-corrected chi connectivity index (χ3v) is 5.37. The van der Waals surface area contributed by atoms with E-state index in [0.29, 0.717) is 11.3 Å². The quantitative estimate of drug-likeness (QED) is 0.258. The van der Waals surface area contributed by atoms with Gasteiger partial charge >= 0.3 is 29.8 Å². The van der Waals surface area contributed by atoms with Gasteiger partial charge in [-0.1, -0.05) is 6.08 Å². The van der Waals surface area contributed by atoms with Crippen LogP contribution in [0.1, 0.15) is 40.2 Å². The van der Waals surface area contributed by atoms with E-state index in [1.54, 1.807) is 18.2 Å². The van der Waals surface area contributed by atoms with E-state index in [1.807, 2.05) is 0 Å². The summed E-state index contributed by atoms with van der Waals surface area (Å²) in [6, 6.07) is 3.10. The molecule has 0 radical (unpaired) electrons. The minimum atomic E-state index is -1.49. The lowest BCUT2D eigenvalue weighted by atomic mass is 9.98. The van der Waals surface area contributed by atoms with Gasteiger partial charge in [-0.05, 0) is 12.1 Å². The fraction of sp³-hybridized carbons (Fsp3) is 0.519. The standard InChI is InChI=1S/C27H34O14/c1-14(28)35-10-8-9-19-11-20(33-6)12-21(23(19)34-7)40-27-26(39-18(5)32)25(38-17(4)31)24(37-16(3)30)22(41-27)13-36-15(2)29/h8-9,11-12,22,24-27H,10,13H2,1-7H3/b9-8+/t22-,24-,25+,26-,27-/m1/s1. The second kappa shape index (κ2) is 15.5. The fourth-order valence-electron chi connectivity index (χ4n) is 3.89. The smallest absolute Gasteiger partial charge is 0.303 e. The van der Waals surface area contributed by atoms with Crippen molar-refractivity contribution in [2.75, 3.05) is 27.4 Å². The number of hydrogen-bond donors (Lipinski definition) is 0. The molecule has 1 aliphatic heterocycles. The molecule has 0 unspecified atom stereocenters. The largest absolute Gasteiger partial charge is 0.497 e. The number of carbonyl (C=O) groups is 5. The van der Waals surface area contributed by atoms with Gasteiger partial charge in [0.05, 0.1) is 14.2 Å². The first kappa shape index (κ1) is 32.9. The van der Waals surface area contributed by atoms with Gasteiger partial charge in [0.15, 0.2) is 23.7 Å². The Kier molecular flexibility index (Phi) is 12.4.